The average Bonchev–Trinajstić information content (AvgIpc) is 3.41. The third kappa shape index (κ3) is 4.72. The number of fused-ring (bicyclic) bond motifs is 3. The first-order valence-corrected chi connectivity index (χ1v) is 11.5. The van der Waals surface area contributed by atoms with E-state index in [0.717, 1.165) is 28.6 Å². The van der Waals surface area contributed by atoms with Crippen molar-refractivity contribution in [3.8, 4) is 0 Å². The largest absolute Gasteiger partial charge is 0.452 e. The van der Waals surface area contributed by atoms with Gasteiger partial charge in [0.2, 0.25) is 0 Å². The van der Waals surface area contributed by atoms with E-state index in [4.69, 9.17) is 30.5 Å². The molecule has 1 fully saturated rings. The molecule has 2 aliphatic heterocycles. The molecule has 2 aromatic rings. The summed E-state index contributed by atoms with van der Waals surface area (Å²) in [5.74, 6) is 0.0660. The Morgan fingerprint density at radius 3 is 2.56 bits per heavy atom. The van der Waals surface area contributed by atoms with Gasteiger partial charge in [-0.1, -0.05) is 29.8 Å². The maximum Gasteiger partial charge on any atom is 0.418 e. The van der Waals surface area contributed by atoms with Gasteiger partial charge in [0.05, 0.1) is 25.8 Å². The number of para-hydroxylation sites is 1. The quantitative estimate of drug-likeness (QED) is 0.621. The van der Waals surface area contributed by atoms with Gasteiger partial charge >= 0.3 is 12.2 Å². The molecule has 0 spiro atoms. The third-order valence-electron chi connectivity index (χ3n) is 6.15. The van der Waals surface area contributed by atoms with Crippen LogP contribution in [-0.2, 0) is 31.8 Å². The predicted octanol–water partition coefficient (Wildman–Crippen LogP) is 4.15. The Labute approximate surface area is 192 Å². The Morgan fingerprint density at radius 2 is 1.84 bits per heavy atom. The molecule has 0 aliphatic carbocycles. The molecule has 2 aliphatic rings. The lowest BCUT2D eigenvalue weighted by Crippen LogP contribution is -2.38. The second kappa shape index (κ2) is 10.1. The summed E-state index contributed by atoms with van der Waals surface area (Å²) in [4.78, 5) is 27.1. The third-order valence-corrected chi connectivity index (χ3v) is 6.24. The number of carbonyl (C=O) groups is 2. The minimum atomic E-state index is -0.716. The lowest BCUT2D eigenvalue weighted by Gasteiger charge is -2.29. The number of benzene rings is 1. The summed E-state index contributed by atoms with van der Waals surface area (Å²) in [5.41, 5.74) is 2.03. The molecule has 174 valence electrons. The van der Waals surface area contributed by atoms with Crippen LogP contribution in [-0.4, -0.2) is 66.9 Å². The number of ether oxygens (including phenoxy) is 4. The van der Waals surface area contributed by atoms with Gasteiger partial charge in [0.15, 0.2) is 11.9 Å². The van der Waals surface area contributed by atoms with Gasteiger partial charge in [0, 0.05) is 30.1 Å². The monoisotopic (exact) mass is 464 g/mol. The van der Waals surface area contributed by atoms with Crippen molar-refractivity contribution in [2.75, 3.05) is 33.4 Å². The molecular formula is C23H29ClN2O6. The SMILES string of the molecule is COC(=O)n1c2c(c3ccccc31)CCN(C(=O)OC(C)Cl)CCC(C1OCCO1)CC2. The number of nitrogens with zero attached hydrogens (tertiary/aromatic N) is 2. The fourth-order valence-corrected chi connectivity index (χ4v) is 4.74. The van der Waals surface area contributed by atoms with Crippen LogP contribution in [0.2, 0.25) is 0 Å². The van der Waals surface area contributed by atoms with Crippen molar-refractivity contribution in [2.45, 2.75) is 44.5 Å². The molecule has 4 rings (SSSR count). The second-order valence-electron chi connectivity index (χ2n) is 8.11. The van der Waals surface area contributed by atoms with Gasteiger partial charge in [-0.2, -0.15) is 0 Å². The van der Waals surface area contributed by atoms with Crippen molar-refractivity contribution >= 4 is 34.7 Å². The van der Waals surface area contributed by atoms with E-state index < -0.39 is 17.7 Å². The fourth-order valence-electron chi connectivity index (χ4n) is 4.66. The zero-order valence-corrected chi connectivity index (χ0v) is 19.2. The summed E-state index contributed by atoms with van der Waals surface area (Å²) < 4.78 is 23.6. The van der Waals surface area contributed by atoms with E-state index in [1.807, 2.05) is 24.3 Å². The number of aromatic nitrogens is 1. The first kappa shape index (κ1) is 22.9. The number of rotatable bonds is 2. The van der Waals surface area contributed by atoms with Crippen molar-refractivity contribution in [1.82, 2.24) is 9.47 Å². The normalized spacial score (nSPS) is 21.2. The molecule has 3 heterocycles. The lowest BCUT2D eigenvalue weighted by molar-refractivity contribution is -0.0889. The average molecular weight is 465 g/mol. The molecule has 1 aromatic carbocycles. The molecule has 2 atom stereocenters. The van der Waals surface area contributed by atoms with E-state index in [2.05, 4.69) is 0 Å². The van der Waals surface area contributed by atoms with E-state index >= 15 is 0 Å². The number of amides is 1. The van der Waals surface area contributed by atoms with Crippen molar-refractivity contribution in [3.05, 3.63) is 35.5 Å². The van der Waals surface area contributed by atoms with E-state index in [1.54, 1.807) is 16.4 Å². The second-order valence-corrected chi connectivity index (χ2v) is 8.72. The number of alkyl halides is 1. The Kier molecular flexibility index (Phi) is 7.23. The number of methoxy groups -OCH3 is 1. The van der Waals surface area contributed by atoms with Gasteiger partial charge < -0.3 is 23.8 Å². The predicted molar refractivity (Wildman–Crippen MR) is 119 cm³/mol. The zero-order chi connectivity index (χ0) is 22.7. The Balaban J connectivity index is 1.74. The summed E-state index contributed by atoms with van der Waals surface area (Å²) in [6.45, 7) is 3.70. The van der Waals surface area contributed by atoms with Crippen LogP contribution in [0.1, 0.15) is 31.0 Å². The summed E-state index contributed by atoms with van der Waals surface area (Å²) in [7, 11) is 1.39. The van der Waals surface area contributed by atoms with Crippen LogP contribution in [0.5, 0.6) is 0 Å². The Hall–Kier alpha value is -2.29. The number of carbonyl (C=O) groups excluding carboxylic acids is 2. The topological polar surface area (TPSA) is 79.2 Å². The van der Waals surface area contributed by atoms with E-state index in [0.29, 0.717) is 45.6 Å². The summed E-state index contributed by atoms with van der Waals surface area (Å²) >= 11 is 5.90. The molecular weight excluding hydrogens is 436 g/mol. The minimum absolute atomic E-state index is 0.0660. The van der Waals surface area contributed by atoms with Gasteiger partial charge in [-0.25, -0.2) is 14.2 Å². The van der Waals surface area contributed by atoms with Crippen LogP contribution < -0.4 is 0 Å². The van der Waals surface area contributed by atoms with E-state index in [9.17, 15) is 9.59 Å². The molecule has 0 bridgehead atoms. The molecule has 2 unspecified atom stereocenters. The van der Waals surface area contributed by atoms with Crippen LogP contribution in [0.25, 0.3) is 10.9 Å². The van der Waals surface area contributed by atoms with Gasteiger partial charge in [-0.3, -0.25) is 0 Å². The molecule has 0 saturated carbocycles. The van der Waals surface area contributed by atoms with E-state index in [-0.39, 0.29) is 12.2 Å². The molecule has 8 nitrogen and oxygen atoms in total. The first-order valence-electron chi connectivity index (χ1n) is 11.0. The summed E-state index contributed by atoms with van der Waals surface area (Å²) in [6, 6.07) is 7.78. The minimum Gasteiger partial charge on any atom is -0.452 e. The van der Waals surface area contributed by atoms with E-state index in [1.165, 1.54) is 7.11 Å². The zero-order valence-electron chi connectivity index (χ0n) is 18.4. The van der Waals surface area contributed by atoms with Crippen LogP contribution in [0.4, 0.5) is 9.59 Å². The maximum atomic E-state index is 12.7. The van der Waals surface area contributed by atoms with Gasteiger partial charge in [0.1, 0.15) is 0 Å². The van der Waals surface area contributed by atoms with Gasteiger partial charge in [0.25, 0.3) is 0 Å². The maximum absolute atomic E-state index is 12.7. The number of hydrogen-bond donors (Lipinski definition) is 0. The van der Waals surface area contributed by atoms with Crippen LogP contribution >= 0.6 is 11.6 Å². The van der Waals surface area contributed by atoms with Crippen molar-refractivity contribution in [1.29, 1.82) is 0 Å². The fraction of sp³-hybridized carbons (Fsp3) is 0.565. The number of hydrogen-bond acceptors (Lipinski definition) is 6. The van der Waals surface area contributed by atoms with Crippen molar-refractivity contribution in [3.63, 3.8) is 0 Å². The lowest BCUT2D eigenvalue weighted by atomic mass is 9.94. The smallest absolute Gasteiger partial charge is 0.418 e. The first-order chi connectivity index (χ1) is 15.5. The van der Waals surface area contributed by atoms with Crippen molar-refractivity contribution in [2.24, 2.45) is 5.92 Å². The summed E-state index contributed by atoms with van der Waals surface area (Å²) in [6.07, 6.45) is 1.53. The molecule has 1 amide bonds. The van der Waals surface area contributed by atoms with Crippen LogP contribution in [0, 0.1) is 5.92 Å². The highest BCUT2D eigenvalue weighted by atomic mass is 35.5. The summed E-state index contributed by atoms with van der Waals surface area (Å²) in [5, 5.41) is 0.984. The van der Waals surface area contributed by atoms with Crippen LogP contribution in [0.15, 0.2) is 24.3 Å². The molecule has 1 saturated heterocycles. The molecule has 32 heavy (non-hydrogen) atoms. The Bertz CT molecular complexity index is 969. The standard InChI is InChI=1S/C23H29ClN2O6/c1-15(24)32-22(27)25-11-9-16(21-30-13-14-31-21)7-8-20-18(10-12-25)17-5-3-4-6-19(17)26(20)23(28)29-2/h3-6,15-16,21H,7-14H2,1-2H3. The molecule has 9 heteroatoms. The highest BCUT2D eigenvalue weighted by Crippen LogP contribution is 2.32. The van der Waals surface area contributed by atoms with Crippen molar-refractivity contribution < 1.29 is 28.5 Å². The van der Waals surface area contributed by atoms with Gasteiger partial charge in [-0.05, 0) is 44.2 Å². The Morgan fingerprint density at radius 1 is 1.09 bits per heavy atom. The highest BCUT2D eigenvalue weighted by molar-refractivity contribution is 6.19. The molecule has 0 N–H and O–H groups in total. The van der Waals surface area contributed by atoms with Crippen LogP contribution in [0.3, 0.4) is 0 Å². The molecule has 1 aromatic heterocycles. The highest BCUT2D eigenvalue weighted by Gasteiger charge is 2.31. The molecule has 0 radical (unpaired) electrons. The van der Waals surface area contributed by atoms with Gasteiger partial charge in [-0.15, -0.1) is 0 Å². The number of halogens is 1.